The van der Waals surface area contributed by atoms with Crippen molar-refractivity contribution in [3.63, 3.8) is 0 Å². The third-order valence-corrected chi connectivity index (χ3v) is 3.42. The summed E-state index contributed by atoms with van der Waals surface area (Å²) in [5.74, 6) is 0.983. The van der Waals surface area contributed by atoms with Crippen molar-refractivity contribution in [3.05, 3.63) is 46.5 Å². The smallest absolute Gasteiger partial charge is 0.277 e. The Hall–Kier alpha value is -2.61. The Morgan fingerprint density at radius 1 is 1.36 bits per heavy atom. The molecule has 22 heavy (non-hydrogen) atoms. The minimum absolute atomic E-state index is 0.0476. The van der Waals surface area contributed by atoms with Gasteiger partial charge in [-0.25, -0.2) is 4.98 Å². The first-order valence-electron chi connectivity index (χ1n) is 6.97. The molecule has 0 spiro atoms. The molecule has 1 aromatic carbocycles. The van der Waals surface area contributed by atoms with E-state index in [1.165, 1.54) is 6.07 Å². The van der Waals surface area contributed by atoms with Crippen molar-refractivity contribution in [3.8, 4) is 11.5 Å². The molecule has 0 atom stereocenters. The number of imidazole rings is 1. The molecule has 0 aliphatic carbocycles. The SMILES string of the molecule is O=[N+]([O-])c1cc2c(cc1CNCCCn1ccnc1)OCO2. The van der Waals surface area contributed by atoms with E-state index < -0.39 is 4.92 Å². The largest absolute Gasteiger partial charge is 0.454 e. The van der Waals surface area contributed by atoms with Gasteiger partial charge in [0.05, 0.1) is 17.3 Å². The van der Waals surface area contributed by atoms with Crippen molar-refractivity contribution in [1.29, 1.82) is 0 Å². The van der Waals surface area contributed by atoms with Crippen LogP contribution in [0.25, 0.3) is 0 Å². The van der Waals surface area contributed by atoms with Crippen molar-refractivity contribution < 1.29 is 14.4 Å². The van der Waals surface area contributed by atoms with Crippen LogP contribution in [0.15, 0.2) is 30.9 Å². The number of ether oxygens (including phenoxy) is 2. The Labute approximate surface area is 126 Å². The van der Waals surface area contributed by atoms with Gasteiger partial charge in [-0.3, -0.25) is 10.1 Å². The summed E-state index contributed by atoms with van der Waals surface area (Å²) < 4.78 is 12.4. The number of hydrogen-bond donors (Lipinski definition) is 1. The number of nitrogens with zero attached hydrogens (tertiary/aromatic N) is 3. The molecule has 0 unspecified atom stereocenters. The monoisotopic (exact) mass is 304 g/mol. The van der Waals surface area contributed by atoms with E-state index in [9.17, 15) is 10.1 Å². The molecule has 1 aliphatic rings. The summed E-state index contributed by atoms with van der Waals surface area (Å²) >= 11 is 0. The van der Waals surface area contributed by atoms with Crippen molar-refractivity contribution in [2.45, 2.75) is 19.5 Å². The van der Waals surface area contributed by atoms with Crippen LogP contribution in [-0.4, -0.2) is 27.8 Å². The van der Waals surface area contributed by atoms with Gasteiger partial charge < -0.3 is 19.4 Å². The molecular formula is C14H16N4O4. The number of aromatic nitrogens is 2. The van der Waals surface area contributed by atoms with Crippen LogP contribution in [0, 0.1) is 10.1 Å². The molecule has 1 aromatic heterocycles. The van der Waals surface area contributed by atoms with Crippen LogP contribution in [0.3, 0.4) is 0 Å². The molecule has 1 N–H and O–H groups in total. The van der Waals surface area contributed by atoms with E-state index in [1.807, 2.05) is 10.8 Å². The van der Waals surface area contributed by atoms with Crippen LogP contribution in [0.5, 0.6) is 11.5 Å². The highest BCUT2D eigenvalue weighted by Crippen LogP contribution is 2.37. The molecule has 0 amide bonds. The molecule has 2 aromatic rings. The van der Waals surface area contributed by atoms with Gasteiger partial charge in [-0.1, -0.05) is 0 Å². The maximum Gasteiger partial charge on any atom is 0.277 e. The van der Waals surface area contributed by atoms with Crippen LogP contribution in [-0.2, 0) is 13.1 Å². The first-order valence-corrected chi connectivity index (χ1v) is 6.97. The van der Waals surface area contributed by atoms with Gasteiger partial charge >= 0.3 is 0 Å². The van der Waals surface area contributed by atoms with Crippen LogP contribution in [0.1, 0.15) is 12.0 Å². The highest BCUT2D eigenvalue weighted by molar-refractivity contribution is 5.55. The van der Waals surface area contributed by atoms with Gasteiger partial charge in [-0.2, -0.15) is 0 Å². The van der Waals surface area contributed by atoms with E-state index in [2.05, 4.69) is 10.3 Å². The molecule has 8 heteroatoms. The maximum atomic E-state index is 11.1. The number of nitrogens with one attached hydrogen (secondary N) is 1. The zero-order chi connectivity index (χ0) is 15.4. The minimum atomic E-state index is -0.398. The van der Waals surface area contributed by atoms with Gasteiger partial charge in [0.2, 0.25) is 6.79 Å². The van der Waals surface area contributed by atoms with E-state index in [0.717, 1.165) is 19.5 Å². The fraction of sp³-hybridized carbons (Fsp3) is 0.357. The quantitative estimate of drug-likeness (QED) is 0.475. The normalized spacial score (nSPS) is 12.5. The summed E-state index contributed by atoms with van der Waals surface area (Å²) in [6, 6.07) is 3.09. The van der Waals surface area contributed by atoms with E-state index in [-0.39, 0.29) is 12.5 Å². The van der Waals surface area contributed by atoms with Gasteiger partial charge in [0.25, 0.3) is 5.69 Å². The summed E-state index contributed by atoms with van der Waals surface area (Å²) in [5, 5.41) is 14.4. The molecule has 0 bridgehead atoms. The Morgan fingerprint density at radius 2 is 2.18 bits per heavy atom. The minimum Gasteiger partial charge on any atom is -0.454 e. The van der Waals surface area contributed by atoms with Gasteiger partial charge in [0, 0.05) is 31.0 Å². The van der Waals surface area contributed by atoms with E-state index in [1.54, 1.807) is 18.6 Å². The molecule has 8 nitrogen and oxygen atoms in total. The Bertz CT molecular complexity index is 657. The van der Waals surface area contributed by atoms with Crippen molar-refractivity contribution in [2.75, 3.05) is 13.3 Å². The fourth-order valence-corrected chi connectivity index (χ4v) is 2.31. The highest BCUT2D eigenvalue weighted by Gasteiger charge is 2.22. The molecule has 3 rings (SSSR count). The lowest BCUT2D eigenvalue weighted by molar-refractivity contribution is -0.385. The molecule has 0 saturated carbocycles. The number of aryl methyl sites for hydroxylation is 1. The van der Waals surface area contributed by atoms with Crippen molar-refractivity contribution >= 4 is 5.69 Å². The number of hydrogen-bond acceptors (Lipinski definition) is 6. The van der Waals surface area contributed by atoms with E-state index in [0.29, 0.717) is 23.6 Å². The first kappa shape index (κ1) is 14.3. The van der Waals surface area contributed by atoms with E-state index in [4.69, 9.17) is 9.47 Å². The summed E-state index contributed by atoms with van der Waals surface area (Å²) in [6.07, 6.45) is 6.32. The molecule has 0 radical (unpaired) electrons. The highest BCUT2D eigenvalue weighted by atomic mass is 16.7. The number of nitro benzene ring substituents is 1. The summed E-state index contributed by atoms with van der Waals surface area (Å²) in [4.78, 5) is 14.7. The molecule has 2 heterocycles. The van der Waals surface area contributed by atoms with Gasteiger partial charge in [-0.05, 0) is 19.0 Å². The lowest BCUT2D eigenvalue weighted by Gasteiger charge is -2.07. The van der Waals surface area contributed by atoms with Crippen molar-refractivity contribution in [2.24, 2.45) is 0 Å². The standard InChI is InChI=1S/C14H16N4O4/c19-18(20)12-7-14-13(21-10-22-14)6-11(12)8-15-2-1-4-17-5-3-16-9-17/h3,5-7,9,15H,1-2,4,8,10H2. The molecular weight excluding hydrogens is 288 g/mol. The van der Waals surface area contributed by atoms with E-state index >= 15 is 0 Å². The Morgan fingerprint density at radius 3 is 2.91 bits per heavy atom. The van der Waals surface area contributed by atoms with Crippen LogP contribution in [0.2, 0.25) is 0 Å². The summed E-state index contributed by atoms with van der Waals surface area (Å²) in [7, 11) is 0. The fourth-order valence-electron chi connectivity index (χ4n) is 2.31. The zero-order valence-corrected chi connectivity index (χ0v) is 11.9. The lowest BCUT2D eigenvalue weighted by atomic mass is 10.1. The lowest BCUT2D eigenvalue weighted by Crippen LogP contribution is -2.17. The molecule has 0 saturated heterocycles. The zero-order valence-electron chi connectivity index (χ0n) is 11.9. The number of nitro groups is 1. The van der Waals surface area contributed by atoms with Gasteiger partial charge in [0.15, 0.2) is 11.5 Å². The van der Waals surface area contributed by atoms with Gasteiger partial charge in [0.1, 0.15) is 0 Å². The molecule has 1 aliphatic heterocycles. The third kappa shape index (κ3) is 3.17. The third-order valence-electron chi connectivity index (χ3n) is 3.42. The average Bonchev–Trinajstić information content (AvgIpc) is 3.16. The second-order valence-corrected chi connectivity index (χ2v) is 4.92. The second-order valence-electron chi connectivity index (χ2n) is 4.92. The number of rotatable bonds is 7. The van der Waals surface area contributed by atoms with Crippen molar-refractivity contribution in [1.82, 2.24) is 14.9 Å². The predicted molar refractivity (Wildman–Crippen MR) is 77.8 cm³/mol. The van der Waals surface area contributed by atoms with Crippen LogP contribution >= 0.6 is 0 Å². The summed E-state index contributed by atoms with van der Waals surface area (Å²) in [6.45, 7) is 2.13. The topological polar surface area (TPSA) is 91.5 Å². The number of fused-ring (bicyclic) bond motifs is 1. The Balaban J connectivity index is 1.56. The van der Waals surface area contributed by atoms with Crippen LogP contribution in [0.4, 0.5) is 5.69 Å². The first-order chi connectivity index (χ1) is 10.7. The average molecular weight is 304 g/mol. The second kappa shape index (κ2) is 6.44. The van der Waals surface area contributed by atoms with Crippen LogP contribution < -0.4 is 14.8 Å². The number of benzene rings is 1. The summed E-state index contributed by atoms with van der Waals surface area (Å²) in [5.41, 5.74) is 0.642. The molecule has 0 fully saturated rings. The molecule has 116 valence electrons. The van der Waals surface area contributed by atoms with Gasteiger partial charge in [-0.15, -0.1) is 0 Å². The maximum absolute atomic E-state index is 11.1. The predicted octanol–water partition coefficient (Wildman–Crippen LogP) is 1.70. The Kier molecular flexibility index (Phi) is 4.19.